The van der Waals surface area contributed by atoms with Gasteiger partial charge in [0.25, 0.3) is 9.84 Å². The molecule has 3 amide bonds. The lowest BCUT2D eigenvalue weighted by molar-refractivity contribution is -0.115. The predicted molar refractivity (Wildman–Crippen MR) is 162 cm³/mol. The Labute approximate surface area is 259 Å². The summed E-state index contributed by atoms with van der Waals surface area (Å²) in [6.07, 6.45) is 1.22. The lowest BCUT2D eigenvalue weighted by Crippen LogP contribution is -2.31. The molecule has 1 N–H and O–H groups in total. The van der Waals surface area contributed by atoms with E-state index in [4.69, 9.17) is 0 Å². The van der Waals surface area contributed by atoms with Gasteiger partial charge in [-0.3, -0.25) is 9.69 Å². The van der Waals surface area contributed by atoms with Crippen molar-refractivity contribution in [2.24, 2.45) is 4.99 Å². The van der Waals surface area contributed by atoms with Gasteiger partial charge in [0.1, 0.15) is 12.1 Å². The monoisotopic (exact) mass is 660 g/mol. The maximum atomic E-state index is 15.0. The van der Waals surface area contributed by atoms with E-state index < -0.39 is 32.1 Å². The third kappa shape index (κ3) is 6.47. The van der Waals surface area contributed by atoms with Crippen molar-refractivity contribution in [1.82, 2.24) is 14.8 Å². The molecule has 0 aliphatic carbocycles. The Hall–Kier alpha value is -4.57. The molecule has 16 heteroatoms. The Kier molecular flexibility index (Phi) is 8.55. The molecule has 0 bridgehead atoms. The summed E-state index contributed by atoms with van der Waals surface area (Å²) in [5.74, 6) is -0.813. The number of urea groups is 1. The number of carbonyl (C=O) groups excluding carboxylic acids is 2. The first-order chi connectivity index (χ1) is 21.2. The molecule has 0 spiro atoms. The first-order valence-electron chi connectivity index (χ1n) is 13.2. The summed E-state index contributed by atoms with van der Waals surface area (Å²) < 4.78 is 77.8. The van der Waals surface area contributed by atoms with E-state index >= 15 is 4.39 Å². The lowest BCUT2D eigenvalue weighted by Gasteiger charge is -2.22. The van der Waals surface area contributed by atoms with E-state index in [2.05, 4.69) is 20.4 Å². The standard InChI is InChI=1S/C29H24F4N6O4S2/c1-16(2)21-10-4-17(3)12-24(21)39-25(40)14-44-28(39)36-27(41)35-23-11-5-18(13-22(23)30)26-34-15-38(37-26)19-6-8-20(9-7-19)45(42,43)29(31,32)33/h4-13,15-16H,14H2,1-3H3,(H,35,41)/b36-28-. The smallest absolute Gasteiger partial charge is 0.303 e. The molecule has 1 aliphatic rings. The minimum atomic E-state index is -5.51. The zero-order valence-corrected chi connectivity index (χ0v) is 25.5. The minimum Gasteiger partial charge on any atom is -0.303 e. The van der Waals surface area contributed by atoms with Gasteiger partial charge in [0, 0.05) is 5.56 Å². The van der Waals surface area contributed by atoms with Crippen molar-refractivity contribution in [2.75, 3.05) is 16.0 Å². The number of hydrogen-bond acceptors (Lipinski definition) is 7. The number of amides is 3. The van der Waals surface area contributed by atoms with Gasteiger partial charge in [0.05, 0.1) is 27.7 Å². The number of aromatic nitrogens is 3. The average Bonchev–Trinajstić information content (AvgIpc) is 3.60. The van der Waals surface area contributed by atoms with Gasteiger partial charge >= 0.3 is 11.5 Å². The van der Waals surface area contributed by atoms with Crippen LogP contribution in [0.3, 0.4) is 0 Å². The summed E-state index contributed by atoms with van der Waals surface area (Å²) in [5.41, 5.74) is -2.72. The fourth-order valence-electron chi connectivity index (χ4n) is 4.43. The summed E-state index contributed by atoms with van der Waals surface area (Å²) in [7, 11) is -5.51. The zero-order chi connectivity index (χ0) is 32.7. The molecule has 0 radical (unpaired) electrons. The molecular formula is C29H24F4N6O4S2. The van der Waals surface area contributed by atoms with Crippen LogP contribution in [-0.4, -0.2) is 51.5 Å². The molecule has 3 aromatic carbocycles. The molecule has 234 valence electrons. The van der Waals surface area contributed by atoms with E-state index in [-0.39, 0.29) is 45.5 Å². The van der Waals surface area contributed by atoms with Crippen LogP contribution in [0.1, 0.15) is 30.9 Å². The number of sulfone groups is 1. The largest absolute Gasteiger partial charge is 0.501 e. The van der Waals surface area contributed by atoms with Gasteiger partial charge in [-0.15, -0.1) is 5.10 Å². The lowest BCUT2D eigenvalue weighted by atomic mass is 9.99. The fourth-order valence-corrected chi connectivity index (χ4v) is 6.05. The van der Waals surface area contributed by atoms with Gasteiger partial charge in [-0.1, -0.05) is 37.7 Å². The number of nitrogens with one attached hydrogen (secondary N) is 1. The Morgan fingerprint density at radius 3 is 2.42 bits per heavy atom. The Bertz CT molecular complexity index is 1940. The topological polar surface area (TPSA) is 127 Å². The first kappa shape index (κ1) is 31.8. The molecule has 0 atom stereocenters. The van der Waals surface area contributed by atoms with Crippen molar-refractivity contribution in [3.05, 3.63) is 83.9 Å². The maximum absolute atomic E-state index is 15.0. The highest BCUT2D eigenvalue weighted by molar-refractivity contribution is 8.15. The van der Waals surface area contributed by atoms with E-state index in [0.717, 1.165) is 53.2 Å². The SMILES string of the molecule is Cc1ccc(C(C)C)c(N2C(=O)CS/C2=N\C(=O)Nc2ccc(-c3ncn(-c4ccc(S(=O)(=O)C(F)(F)F)cc4)n3)cc2F)c1. The second kappa shape index (κ2) is 12.1. The van der Waals surface area contributed by atoms with Crippen molar-refractivity contribution in [1.29, 1.82) is 0 Å². The quantitative estimate of drug-likeness (QED) is 0.235. The average molecular weight is 661 g/mol. The molecule has 2 heterocycles. The Morgan fingerprint density at radius 1 is 1.07 bits per heavy atom. The van der Waals surface area contributed by atoms with Crippen LogP contribution in [0.4, 0.5) is 33.7 Å². The van der Waals surface area contributed by atoms with E-state index in [1.807, 2.05) is 39.0 Å². The number of anilines is 2. The summed E-state index contributed by atoms with van der Waals surface area (Å²) in [6.45, 7) is 5.88. The van der Waals surface area contributed by atoms with Crippen LogP contribution >= 0.6 is 11.8 Å². The number of aryl methyl sites for hydroxylation is 1. The van der Waals surface area contributed by atoms with Crippen molar-refractivity contribution < 1.29 is 35.6 Å². The van der Waals surface area contributed by atoms with Crippen molar-refractivity contribution in [3.8, 4) is 17.1 Å². The van der Waals surface area contributed by atoms with Gasteiger partial charge in [-0.05, 0) is 72.5 Å². The number of halogens is 4. The molecule has 1 fully saturated rings. The second-order valence-electron chi connectivity index (χ2n) is 10.2. The third-order valence-corrected chi connectivity index (χ3v) is 9.11. The number of alkyl halides is 3. The van der Waals surface area contributed by atoms with Gasteiger partial charge < -0.3 is 5.32 Å². The molecule has 1 aliphatic heterocycles. The Morgan fingerprint density at radius 2 is 1.78 bits per heavy atom. The van der Waals surface area contributed by atoms with Gasteiger partial charge in [0.2, 0.25) is 5.91 Å². The number of thioether (sulfide) groups is 1. The number of carbonyl (C=O) groups is 2. The molecule has 10 nitrogen and oxygen atoms in total. The van der Waals surface area contributed by atoms with Crippen molar-refractivity contribution in [2.45, 2.75) is 37.1 Å². The van der Waals surface area contributed by atoms with Crippen LogP contribution in [0, 0.1) is 12.7 Å². The number of hydrogen-bond donors (Lipinski definition) is 1. The van der Waals surface area contributed by atoms with Crippen LogP contribution in [0.2, 0.25) is 0 Å². The highest BCUT2D eigenvalue weighted by atomic mass is 32.2. The highest BCUT2D eigenvalue weighted by Gasteiger charge is 2.46. The highest BCUT2D eigenvalue weighted by Crippen LogP contribution is 2.35. The molecule has 1 saturated heterocycles. The van der Waals surface area contributed by atoms with E-state index in [0.29, 0.717) is 5.69 Å². The molecule has 45 heavy (non-hydrogen) atoms. The summed E-state index contributed by atoms with van der Waals surface area (Å²) >= 11 is 1.10. The van der Waals surface area contributed by atoms with Gasteiger partial charge in [0.15, 0.2) is 11.0 Å². The van der Waals surface area contributed by atoms with Crippen LogP contribution in [0.25, 0.3) is 17.1 Å². The van der Waals surface area contributed by atoms with Crippen molar-refractivity contribution in [3.63, 3.8) is 0 Å². The van der Waals surface area contributed by atoms with Gasteiger partial charge in [-0.2, -0.15) is 18.2 Å². The molecule has 4 aromatic rings. The number of amidine groups is 1. The third-order valence-electron chi connectivity index (χ3n) is 6.69. The second-order valence-corrected chi connectivity index (χ2v) is 13.1. The van der Waals surface area contributed by atoms with Crippen LogP contribution in [-0.2, 0) is 14.6 Å². The number of nitrogens with zero attached hydrogens (tertiary/aromatic N) is 5. The molecule has 5 rings (SSSR count). The molecule has 1 aromatic heterocycles. The van der Waals surface area contributed by atoms with Crippen LogP contribution < -0.4 is 10.2 Å². The van der Waals surface area contributed by atoms with Crippen molar-refractivity contribution >= 4 is 50.1 Å². The van der Waals surface area contributed by atoms with Gasteiger partial charge in [-0.25, -0.2) is 27.3 Å². The van der Waals surface area contributed by atoms with E-state index in [9.17, 15) is 31.2 Å². The first-order valence-corrected chi connectivity index (χ1v) is 15.7. The normalized spacial score (nSPS) is 14.9. The molecule has 0 unspecified atom stereocenters. The maximum Gasteiger partial charge on any atom is 0.501 e. The number of benzene rings is 3. The fraction of sp³-hybridized carbons (Fsp3) is 0.207. The van der Waals surface area contributed by atoms with E-state index in [1.165, 1.54) is 28.0 Å². The molecular weight excluding hydrogens is 636 g/mol. The summed E-state index contributed by atoms with van der Waals surface area (Å²) in [4.78, 5) is 34.2. The summed E-state index contributed by atoms with van der Waals surface area (Å²) in [6, 6.07) is 12.5. The number of aliphatic imine (C=N–C) groups is 1. The Balaban J connectivity index is 1.32. The predicted octanol–water partition coefficient (Wildman–Crippen LogP) is 6.47. The van der Waals surface area contributed by atoms with E-state index in [1.54, 1.807) is 0 Å². The van der Waals surface area contributed by atoms with Crippen LogP contribution in [0.5, 0.6) is 0 Å². The zero-order valence-electron chi connectivity index (χ0n) is 23.8. The minimum absolute atomic E-state index is 0.0506. The molecule has 0 saturated carbocycles. The van der Waals surface area contributed by atoms with Crippen LogP contribution in [0.15, 0.2) is 76.9 Å². The summed E-state index contributed by atoms with van der Waals surface area (Å²) in [5, 5.41) is 6.73. The number of rotatable bonds is 6.